The van der Waals surface area contributed by atoms with E-state index in [2.05, 4.69) is 65.9 Å². The van der Waals surface area contributed by atoms with Gasteiger partial charge >= 0.3 is 0 Å². The Morgan fingerprint density at radius 2 is 1.71 bits per heavy atom. The zero-order valence-corrected chi connectivity index (χ0v) is 17.1. The lowest BCUT2D eigenvalue weighted by Crippen LogP contribution is -2.07. The monoisotopic (exact) mass is 427 g/mol. The molecule has 31 heavy (non-hydrogen) atoms. The number of hydrogen-bond acceptors (Lipinski definition) is 7. The maximum Gasteiger partial charge on any atom is 0.260 e. The first-order valence-corrected chi connectivity index (χ1v) is 10.8. The number of nitrogens with one attached hydrogen (secondary N) is 2. The van der Waals surface area contributed by atoms with Crippen LogP contribution in [0.1, 0.15) is 11.1 Å². The number of nitrogens with zero attached hydrogens (tertiary/aromatic N) is 5. The molecular formula is C22H17N7OS. The number of rotatable bonds is 6. The van der Waals surface area contributed by atoms with Crippen molar-refractivity contribution in [3.63, 3.8) is 0 Å². The predicted octanol–water partition coefficient (Wildman–Crippen LogP) is 3.60. The molecule has 0 fully saturated rings. The molecule has 0 saturated carbocycles. The fourth-order valence-corrected chi connectivity index (χ4v) is 4.28. The normalized spacial score (nSPS) is 11.1. The third-order valence-electron chi connectivity index (χ3n) is 4.87. The van der Waals surface area contributed by atoms with Crippen molar-refractivity contribution in [2.45, 2.75) is 11.5 Å². The molecule has 0 amide bonds. The van der Waals surface area contributed by atoms with Crippen molar-refractivity contribution in [1.82, 2.24) is 35.6 Å². The zero-order chi connectivity index (χ0) is 21.0. The molecule has 2 aromatic carbocycles. The summed E-state index contributed by atoms with van der Waals surface area (Å²) >= 11 is 1.77. The number of pyridine rings is 1. The average molecular weight is 427 g/mol. The van der Waals surface area contributed by atoms with Crippen molar-refractivity contribution in [3.05, 3.63) is 88.6 Å². The van der Waals surface area contributed by atoms with Crippen LogP contribution in [0.15, 0.2) is 71.9 Å². The molecule has 0 saturated heterocycles. The number of aromatic nitrogens is 7. The second kappa shape index (κ2) is 8.49. The van der Waals surface area contributed by atoms with E-state index in [0.29, 0.717) is 16.9 Å². The number of benzene rings is 2. The minimum Gasteiger partial charge on any atom is -0.313 e. The maximum absolute atomic E-state index is 11.9. The summed E-state index contributed by atoms with van der Waals surface area (Å²) in [7, 11) is 0. The minimum absolute atomic E-state index is 0.166. The van der Waals surface area contributed by atoms with Gasteiger partial charge in [-0.1, -0.05) is 48.5 Å². The third-order valence-corrected chi connectivity index (χ3v) is 5.94. The summed E-state index contributed by atoms with van der Waals surface area (Å²) in [6, 6.07) is 18.3. The second-order valence-corrected chi connectivity index (χ2v) is 7.90. The van der Waals surface area contributed by atoms with Gasteiger partial charge in [-0.05, 0) is 33.5 Å². The largest absolute Gasteiger partial charge is 0.313 e. The van der Waals surface area contributed by atoms with Crippen LogP contribution in [-0.4, -0.2) is 35.6 Å². The number of fused-ring (bicyclic) bond motifs is 1. The fraction of sp³-hybridized carbons (Fsp3) is 0.0909. The molecule has 0 aliphatic carbocycles. The maximum atomic E-state index is 11.9. The fourth-order valence-electron chi connectivity index (χ4n) is 3.35. The molecule has 8 nitrogen and oxygen atoms in total. The van der Waals surface area contributed by atoms with Crippen LogP contribution in [0.25, 0.3) is 33.5 Å². The van der Waals surface area contributed by atoms with E-state index in [9.17, 15) is 4.79 Å². The van der Waals surface area contributed by atoms with Crippen LogP contribution >= 0.6 is 11.8 Å². The Hall–Kier alpha value is -3.85. The van der Waals surface area contributed by atoms with E-state index in [4.69, 9.17) is 0 Å². The summed E-state index contributed by atoms with van der Waals surface area (Å²) in [6.45, 7) is 0. The van der Waals surface area contributed by atoms with Gasteiger partial charge < -0.3 is 4.98 Å². The number of thioether (sulfide) groups is 1. The predicted molar refractivity (Wildman–Crippen MR) is 120 cm³/mol. The molecule has 3 heterocycles. The van der Waals surface area contributed by atoms with Gasteiger partial charge in [-0.3, -0.25) is 4.79 Å². The molecule has 0 radical (unpaired) electrons. The highest BCUT2D eigenvalue weighted by Gasteiger charge is 2.10. The summed E-state index contributed by atoms with van der Waals surface area (Å²) < 4.78 is 0. The van der Waals surface area contributed by atoms with Crippen LogP contribution in [0.3, 0.4) is 0 Å². The van der Waals surface area contributed by atoms with Crippen LogP contribution in [0.4, 0.5) is 0 Å². The standard InChI is InChI=1S/C22H17N7OS/c30-22-19-9-15(10-23-20(19)24-13-25-22)12-31-11-14-5-7-16(8-6-14)17-3-1-2-4-18(17)21-26-28-29-27-21/h1-10,13H,11-12H2,(H,23,24,25,30)(H,26,27,28,29). The van der Waals surface area contributed by atoms with Gasteiger partial charge in [0.2, 0.25) is 5.82 Å². The van der Waals surface area contributed by atoms with E-state index in [-0.39, 0.29) is 5.56 Å². The topological polar surface area (TPSA) is 113 Å². The van der Waals surface area contributed by atoms with Crippen LogP contribution in [0.2, 0.25) is 0 Å². The van der Waals surface area contributed by atoms with Crippen LogP contribution in [0, 0.1) is 0 Å². The van der Waals surface area contributed by atoms with Gasteiger partial charge in [-0.15, -0.1) is 10.2 Å². The molecule has 0 unspecified atom stereocenters. The van der Waals surface area contributed by atoms with Crippen molar-refractivity contribution in [2.24, 2.45) is 0 Å². The molecular weight excluding hydrogens is 410 g/mol. The number of aromatic amines is 2. The molecule has 9 heteroatoms. The van der Waals surface area contributed by atoms with E-state index in [1.165, 1.54) is 11.9 Å². The van der Waals surface area contributed by atoms with Crippen molar-refractivity contribution < 1.29 is 0 Å². The van der Waals surface area contributed by atoms with Crippen molar-refractivity contribution in [2.75, 3.05) is 0 Å². The lowest BCUT2D eigenvalue weighted by molar-refractivity contribution is 0.881. The van der Waals surface area contributed by atoms with E-state index < -0.39 is 0 Å². The Morgan fingerprint density at radius 3 is 2.52 bits per heavy atom. The minimum atomic E-state index is -0.166. The molecule has 0 atom stereocenters. The summed E-state index contributed by atoms with van der Waals surface area (Å²) in [5.74, 6) is 2.20. The van der Waals surface area contributed by atoms with E-state index >= 15 is 0 Å². The number of hydrogen-bond donors (Lipinski definition) is 2. The van der Waals surface area contributed by atoms with Gasteiger partial charge in [0.25, 0.3) is 5.56 Å². The molecule has 0 aliphatic rings. The lowest BCUT2D eigenvalue weighted by atomic mass is 9.98. The van der Waals surface area contributed by atoms with Gasteiger partial charge in [0.05, 0.1) is 11.7 Å². The Labute approximate surface area is 181 Å². The number of H-pyrrole nitrogens is 2. The second-order valence-electron chi connectivity index (χ2n) is 6.92. The van der Waals surface area contributed by atoms with Gasteiger partial charge in [0.1, 0.15) is 0 Å². The van der Waals surface area contributed by atoms with E-state index in [0.717, 1.165) is 33.8 Å². The molecule has 0 bridgehead atoms. The molecule has 152 valence electrons. The Bertz CT molecular complexity index is 1380. The molecule has 3 aromatic heterocycles. The highest BCUT2D eigenvalue weighted by atomic mass is 32.2. The first-order chi connectivity index (χ1) is 15.3. The van der Waals surface area contributed by atoms with Gasteiger partial charge in [0.15, 0.2) is 5.65 Å². The quantitative estimate of drug-likeness (QED) is 0.426. The third kappa shape index (κ3) is 4.08. The van der Waals surface area contributed by atoms with Crippen molar-refractivity contribution in [3.8, 4) is 22.5 Å². The highest BCUT2D eigenvalue weighted by Crippen LogP contribution is 2.30. The molecule has 0 spiro atoms. The van der Waals surface area contributed by atoms with Gasteiger partial charge in [-0.25, -0.2) is 9.97 Å². The van der Waals surface area contributed by atoms with E-state index in [1.54, 1.807) is 18.0 Å². The molecule has 5 aromatic rings. The van der Waals surface area contributed by atoms with Gasteiger partial charge in [0, 0.05) is 23.3 Å². The Morgan fingerprint density at radius 1 is 0.903 bits per heavy atom. The molecule has 0 aliphatic heterocycles. The summed E-state index contributed by atoms with van der Waals surface area (Å²) in [6.07, 6.45) is 3.15. The zero-order valence-electron chi connectivity index (χ0n) is 16.3. The average Bonchev–Trinajstić information content (AvgIpc) is 3.35. The summed E-state index contributed by atoms with van der Waals surface area (Å²) in [5.41, 5.74) is 5.62. The summed E-state index contributed by atoms with van der Waals surface area (Å²) in [5, 5.41) is 14.9. The van der Waals surface area contributed by atoms with Crippen molar-refractivity contribution in [1.29, 1.82) is 0 Å². The van der Waals surface area contributed by atoms with E-state index in [1.807, 2.05) is 24.3 Å². The first kappa shape index (κ1) is 19.1. The molecule has 5 rings (SSSR count). The van der Waals surface area contributed by atoms with Crippen molar-refractivity contribution >= 4 is 22.8 Å². The highest BCUT2D eigenvalue weighted by molar-refractivity contribution is 7.97. The summed E-state index contributed by atoms with van der Waals surface area (Å²) in [4.78, 5) is 22.9. The first-order valence-electron chi connectivity index (χ1n) is 9.60. The Kier molecular flexibility index (Phi) is 5.24. The van der Waals surface area contributed by atoms with Crippen LogP contribution in [-0.2, 0) is 11.5 Å². The Balaban J connectivity index is 1.28. The van der Waals surface area contributed by atoms with Crippen LogP contribution < -0.4 is 5.56 Å². The smallest absolute Gasteiger partial charge is 0.260 e. The van der Waals surface area contributed by atoms with Gasteiger partial charge in [-0.2, -0.15) is 17.0 Å². The lowest BCUT2D eigenvalue weighted by Gasteiger charge is -2.08. The van der Waals surface area contributed by atoms with Crippen LogP contribution in [0.5, 0.6) is 0 Å². The number of tetrazole rings is 1. The SMILES string of the molecule is O=c1[nH]cnc2ncc(CSCc3ccc(-c4ccccc4-c4nn[nH]n4)cc3)cc12. The molecule has 2 N–H and O–H groups in total.